The van der Waals surface area contributed by atoms with E-state index in [1.54, 1.807) is 38.1 Å². The Balaban J connectivity index is 1.63. The fourth-order valence-corrected chi connectivity index (χ4v) is 2.74. The van der Waals surface area contributed by atoms with Gasteiger partial charge < -0.3 is 18.9 Å². The Morgan fingerprint density at radius 3 is 2.64 bits per heavy atom. The molecule has 1 aromatic rings. The van der Waals surface area contributed by atoms with Gasteiger partial charge in [0.05, 0.1) is 11.6 Å². The summed E-state index contributed by atoms with van der Waals surface area (Å²) in [6, 6.07) is 10.8. The van der Waals surface area contributed by atoms with Gasteiger partial charge in [-0.1, -0.05) is 18.2 Å². The number of carbonyl (C=O) groups excluding carboxylic acids is 1. The van der Waals surface area contributed by atoms with Crippen LogP contribution < -0.4 is 0 Å². The molecule has 0 bridgehead atoms. The zero-order valence-electron chi connectivity index (χ0n) is 12.4. The third-order valence-corrected chi connectivity index (χ3v) is 3.67. The van der Waals surface area contributed by atoms with Gasteiger partial charge >= 0.3 is 5.97 Å². The first-order valence-electron chi connectivity index (χ1n) is 7.13. The van der Waals surface area contributed by atoms with Crippen molar-refractivity contribution < 1.29 is 23.7 Å². The molecule has 0 radical (unpaired) electrons. The second kappa shape index (κ2) is 5.69. The monoisotopic (exact) mass is 303 g/mol. The lowest BCUT2D eigenvalue weighted by Crippen LogP contribution is -2.33. The Morgan fingerprint density at radius 1 is 1.27 bits per heavy atom. The number of fused-ring (bicyclic) bond motifs is 1. The number of nitriles is 1. The Hall–Kier alpha value is -1.94. The summed E-state index contributed by atoms with van der Waals surface area (Å²) in [5.74, 6) is -1.20. The number of hydrogen-bond donors (Lipinski definition) is 0. The number of esters is 1. The van der Waals surface area contributed by atoms with Gasteiger partial charge in [-0.15, -0.1) is 0 Å². The minimum absolute atomic E-state index is 0.0204. The third-order valence-electron chi connectivity index (χ3n) is 3.67. The molecule has 2 aliphatic rings. The molecule has 2 saturated heterocycles. The van der Waals surface area contributed by atoms with E-state index in [-0.39, 0.29) is 6.61 Å². The average Bonchev–Trinajstić information content (AvgIpc) is 2.99. The van der Waals surface area contributed by atoms with E-state index in [4.69, 9.17) is 24.2 Å². The SMILES string of the molecule is CC1(C)O[C@@H]2[C@H](O1)[C@H](C#N)O[C@@H]2COC(=O)c1ccccc1. The summed E-state index contributed by atoms with van der Waals surface area (Å²) in [5.41, 5.74) is 0.470. The fourth-order valence-electron chi connectivity index (χ4n) is 2.74. The zero-order valence-corrected chi connectivity index (χ0v) is 12.4. The Bertz CT molecular complexity index is 594. The lowest BCUT2D eigenvalue weighted by atomic mass is 10.1. The third kappa shape index (κ3) is 2.83. The molecule has 0 aromatic heterocycles. The van der Waals surface area contributed by atoms with Crippen LogP contribution in [0.2, 0.25) is 0 Å². The molecule has 4 atom stereocenters. The van der Waals surface area contributed by atoms with Gasteiger partial charge in [-0.25, -0.2) is 4.79 Å². The molecule has 6 nitrogen and oxygen atoms in total. The van der Waals surface area contributed by atoms with E-state index in [1.807, 2.05) is 6.07 Å². The van der Waals surface area contributed by atoms with Crippen LogP contribution in [0.4, 0.5) is 0 Å². The van der Waals surface area contributed by atoms with E-state index in [0.717, 1.165) is 0 Å². The van der Waals surface area contributed by atoms with Crippen molar-refractivity contribution in [3.05, 3.63) is 35.9 Å². The predicted octanol–water partition coefficient (Wildman–Crippen LogP) is 1.65. The maximum atomic E-state index is 12.0. The van der Waals surface area contributed by atoms with Crippen molar-refractivity contribution in [2.24, 2.45) is 0 Å². The van der Waals surface area contributed by atoms with Gasteiger partial charge in [0.1, 0.15) is 24.9 Å². The number of benzene rings is 1. The molecule has 0 N–H and O–H groups in total. The standard InChI is InChI=1S/C16H17NO5/c1-16(2)21-13-11(8-17)20-12(14(13)22-16)9-19-15(18)10-6-4-3-5-7-10/h3-7,11-14H,9H2,1-2H3/t11-,12+,13+,14-/m0/s1. The summed E-state index contributed by atoms with van der Waals surface area (Å²) in [6.07, 6.45) is -2.10. The normalized spacial score (nSPS) is 32.2. The van der Waals surface area contributed by atoms with Crippen molar-refractivity contribution in [2.75, 3.05) is 6.61 Å². The van der Waals surface area contributed by atoms with Gasteiger partial charge in [0.15, 0.2) is 11.9 Å². The average molecular weight is 303 g/mol. The highest BCUT2D eigenvalue weighted by Crippen LogP contribution is 2.38. The Labute approximate surface area is 128 Å². The molecule has 0 unspecified atom stereocenters. The summed E-state index contributed by atoms with van der Waals surface area (Å²) in [5, 5.41) is 9.14. The van der Waals surface area contributed by atoms with E-state index in [9.17, 15) is 4.79 Å². The lowest BCUT2D eigenvalue weighted by Gasteiger charge is -2.22. The highest BCUT2D eigenvalue weighted by Gasteiger charge is 2.55. The van der Waals surface area contributed by atoms with E-state index in [2.05, 4.69) is 6.07 Å². The van der Waals surface area contributed by atoms with Gasteiger partial charge in [0.2, 0.25) is 0 Å². The molecular weight excluding hydrogens is 286 g/mol. The summed E-state index contributed by atoms with van der Waals surface area (Å²) in [4.78, 5) is 12.0. The van der Waals surface area contributed by atoms with Crippen LogP contribution >= 0.6 is 0 Å². The van der Waals surface area contributed by atoms with Crippen LogP contribution in [-0.2, 0) is 18.9 Å². The molecule has 2 heterocycles. The van der Waals surface area contributed by atoms with Crippen LogP contribution in [0.1, 0.15) is 24.2 Å². The zero-order chi connectivity index (χ0) is 15.7. The Kier molecular flexibility index (Phi) is 3.87. The van der Waals surface area contributed by atoms with Gasteiger partial charge in [-0.05, 0) is 26.0 Å². The molecule has 116 valence electrons. The van der Waals surface area contributed by atoms with Gasteiger partial charge in [-0.2, -0.15) is 5.26 Å². The number of nitrogens with zero attached hydrogens (tertiary/aromatic N) is 1. The molecular formula is C16H17NO5. The van der Waals surface area contributed by atoms with Crippen LogP contribution in [0.5, 0.6) is 0 Å². The van der Waals surface area contributed by atoms with E-state index < -0.39 is 36.2 Å². The maximum Gasteiger partial charge on any atom is 0.338 e. The molecule has 2 aliphatic heterocycles. The molecule has 22 heavy (non-hydrogen) atoms. The second-order valence-corrected chi connectivity index (χ2v) is 5.75. The van der Waals surface area contributed by atoms with Gasteiger partial charge in [0, 0.05) is 0 Å². The highest BCUT2D eigenvalue weighted by atomic mass is 16.8. The Morgan fingerprint density at radius 2 is 1.95 bits per heavy atom. The molecule has 3 rings (SSSR count). The maximum absolute atomic E-state index is 12.0. The predicted molar refractivity (Wildman–Crippen MR) is 74.8 cm³/mol. The summed E-state index contributed by atoms with van der Waals surface area (Å²) >= 11 is 0. The summed E-state index contributed by atoms with van der Waals surface area (Å²) in [7, 11) is 0. The first-order chi connectivity index (χ1) is 10.5. The first kappa shape index (κ1) is 15.0. The first-order valence-corrected chi connectivity index (χ1v) is 7.13. The van der Waals surface area contributed by atoms with Crippen LogP contribution in [-0.4, -0.2) is 42.8 Å². The van der Waals surface area contributed by atoms with Crippen LogP contribution in [0.25, 0.3) is 0 Å². The summed E-state index contributed by atoms with van der Waals surface area (Å²) < 4.78 is 22.3. The van der Waals surface area contributed by atoms with Crippen molar-refractivity contribution in [2.45, 2.75) is 44.1 Å². The quantitative estimate of drug-likeness (QED) is 0.790. The molecule has 0 aliphatic carbocycles. The van der Waals surface area contributed by atoms with Gasteiger partial charge in [-0.3, -0.25) is 0 Å². The van der Waals surface area contributed by atoms with Gasteiger partial charge in [0.25, 0.3) is 0 Å². The van der Waals surface area contributed by atoms with E-state index >= 15 is 0 Å². The lowest BCUT2D eigenvalue weighted by molar-refractivity contribution is -0.184. The fraction of sp³-hybridized carbons (Fsp3) is 0.500. The molecule has 6 heteroatoms. The molecule has 0 saturated carbocycles. The smallest absolute Gasteiger partial charge is 0.338 e. The number of rotatable bonds is 3. The largest absolute Gasteiger partial charge is 0.459 e. The van der Waals surface area contributed by atoms with Crippen molar-refractivity contribution in [1.29, 1.82) is 5.26 Å². The number of hydrogen-bond acceptors (Lipinski definition) is 6. The van der Waals surface area contributed by atoms with E-state index in [0.29, 0.717) is 5.56 Å². The second-order valence-electron chi connectivity index (χ2n) is 5.75. The number of ether oxygens (including phenoxy) is 4. The van der Waals surface area contributed by atoms with Crippen molar-refractivity contribution in [3.8, 4) is 6.07 Å². The highest BCUT2D eigenvalue weighted by molar-refractivity contribution is 5.89. The van der Waals surface area contributed by atoms with Crippen molar-refractivity contribution in [3.63, 3.8) is 0 Å². The minimum Gasteiger partial charge on any atom is -0.459 e. The van der Waals surface area contributed by atoms with Crippen LogP contribution in [0.15, 0.2) is 30.3 Å². The van der Waals surface area contributed by atoms with E-state index in [1.165, 1.54) is 0 Å². The van der Waals surface area contributed by atoms with Crippen LogP contribution in [0, 0.1) is 11.3 Å². The van der Waals surface area contributed by atoms with Crippen LogP contribution in [0.3, 0.4) is 0 Å². The minimum atomic E-state index is -0.768. The summed E-state index contributed by atoms with van der Waals surface area (Å²) in [6.45, 7) is 3.59. The van der Waals surface area contributed by atoms with Crippen molar-refractivity contribution >= 4 is 5.97 Å². The molecule has 0 spiro atoms. The number of carbonyl (C=O) groups is 1. The molecule has 1 aromatic carbocycles. The topological polar surface area (TPSA) is 77.8 Å². The van der Waals surface area contributed by atoms with Crippen molar-refractivity contribution in [1.82, 2.24) is 0 Å². The molecule has 0 amide bonds. The molecule has 2 fully saturated rings.